The number of nitrogens with two attached hydrogens (primary N) is 5. The van der Waals surface area contributed by atoms with Crippen molar-refractivity contribution in [1.29, 1.82) is 0 Å². The van der Waals surface area contributed by atoms with E-state index in [9.17, 15) is 72.9 Å². The summed E-state index contributed by atoms with van der Waals surface area (Å²) < 4.78 is 0. The van der Waals surface area contributed by atoms with Crippen LogP contribution in [0.1, 0.15) is 70.8 Å². The molecule has 2 rings (SSSR count). The number of carboxylic acid groups (broad SMARTS) is 2. The number of aliphatic imine (C=N–C) groups is 2. The Bertz CT molecular complexity index is 2440. The molecule has 1 aliphatic rings. The van der Waals surface area contributed by atoms with E-state index >= 15 is 0 Å². The highest BCUT2D eigenvalue weighted by atomic mass is 16.4. The number of benzene rings is 1. The second kappa shape index (κ2) is 35.8. The lowest BCUT2D eigenvalue weighted by Crippen LogP contribution is -2.62. The second-order valence-corrected chi connectivity index (χ2v) is 18.8. The van der Waals surface area contributed by atoms with Crippen molar-refractivity contribution < 1.29 is 83.1 Å². The Morgan fingerprint density at radius 3 is 1.65 bits per heavy atom. The fraction of sp³-hybridized carbons (Fsp3) is 0.583. The summed E-state index contributed by atoms with van der Waals surface area (Å²) in [7, 11) is 0. The van der Waals surface area contributed by atoms with Crippen LogP contribution < -0.4 is 76.5 Å². The second-order valence-electron chi connectivity index (χ2n) is 18.8. The number of rotatable bonds is 36. The lowest BCUT2D eigenvalue weighted by Gasteiger charge is -2.30. The number of hydrogen-bond acceptors (Lipinski definition) is 18. The quantitative estimate of drug-likeness (QED) is 0.0169. The smallest absolute Gasteiger partial charge is 0.322 e. The number of aliphatic hydroxyl groups excluding tert-OH is 3. The van der Waals surface area contributed by atoms with Gasteiger partial charge in [0.15, 0.2) is 11.9 Å². The van der Waals surface area contributed by atoms with Gasteiger partial charge < -0.3 is 107 Å². The fourth-order valence-electron chi connectivity index (χ4n) is 7.97. The van der Waals surface area contributed by atoms with Gasteiger partial charge in [0.1, 0.15) is 60.9 Å². The summed E-state index contributed by atoms with van der Waals surface area (Å²) in [5, 5.41) is 70.0. The van der Waals surface area contributed by atoms with Gasteiger partial charge in [0.25, 0.3) is 0 Å². The summed E-state index contributed by atoms with van der Waals surface area (Å²) in [6.07, 6.45) is -2.34. The van der Waals surface area contributed by atoms with Gasteiger partial charge in [0, 0.05) is 32.5 Å². The molecular weight excluding hydrogens is 1090 g/mol. The monoisotopic (exact) mass is 1160 g/mol. The zero-order valence-corrected chi connectivity index (χ0v) is 45.3. The number of amides is 10. The molecule has 1 saturated heterocycles. The molecule has 0 aromatic heterocycles. The van der Waals surface area contributed by atoms with Gasteiger partial charge in [0.2, 0.25) is 59.1 Å². The highest BCUT2D eigenvalue weighted by Crippen LogP contribution is 2.21. The predicted octanol–water partition coefficient (Wildman–Crippen LogP) is -9.38. The van der Waals surface area contributed by atoms with Crippen LogP contribution in [0.25, 0.3) is 0 Å². The Hall–Kier alpha value is -8.76. The van der Waals surface area contributed by atoms with Crippen LogP contribution in [0.2, 0.25) is 0 Å². The first kappa shape index (κ1) is 69.3. The molecule has 10 amide bonds. The standard InChI is InChI=1S/C48H77N17O17/c1-24(38(74)59-28(14-15-35(70)71)39(75)56-21-36(72)73)57-41(77)30(19-26-9-4-3-5-10-26)61-42(78)31(22-66)62-43(79)32(23-67)63-45(81)37(25(2)68)64-40(76)27(11-6-16-54-47(50)51)60-44(80)33-13-8-18-65(33)46(82)29(58-34(69)20-49)12-7-17-55-48(52)53/h3-5,9-10,24-25,27-33,37,66-68H,6-8,11-23,49H2,1-2H3,(H,56,75)(H,57,77)(H,58,69)(H,59,74)(H,60,80)(H,61,78)(H,62,79)(H,63,81)(H,64,76)(H,70,71)(H,72,73)(H4,50,51,54)(H4,52,53,55). The molecule has 10 atom stereocenters. The molecule has 10 unspecified atom stereocenters. The molecule has 0 spiro atoms. The van der Waals surface area contributed by atoms with Crippen LogP contribution in [0, 0.1) is 0 Å². The minimum Gasteiger partial charge on any atom is -0.481 e. The van der Waals surface area contributed by atoms with E-state index in [2.05, 4.69) is 52.5 Å². The minimum atomic E-state index is -1.94. The summed E-state index contributed by atoms with van der Waals surface area (Å²) in [4.78, 5) is 166. The van der Waals surface area contributed by atoms with Crippen molar-refractivity contribution in [1.82, 2.24) is 52.8 Å². The Kier molecular flexibility index (Phi) is 30.3. The number of nitrogens with one attached hydrogen (secondary N) is 9. The number of nitrogens with zero attached hydrogens (tertiary/aromatic N) is 3. The number of guanidine groups is 2. The van der Waals surface area contributed by atoms with Crippen LogP contribution in [-0.4, -0.2) is 220 Å². The van der Waals surface area contributed by atoms with Gasteiger partial charge in [0.05, 0.1) is 25.9 Å². The van der Waals surface area contributed by atoms with Crippen molar-refractivity contribution in [3.8, 4) is 0 Å². The average Bonchev–Trinajstić information content (AvgIpc) is 3.94. The number of carbonyl (C=O) groups excluding carboxylic acids is 10. The number of carboxylic acids is 2. The molecule has 34 heteroatoms. The van der Waals surface area contributed by atoms with Crippen molar-refractivity contribution in [3.05, 3.63) is 35.9 Å². The maximum Gasteiger partial charge on any atom is 0.322 e. The number of carbonyl (C=O) groups is 12. The van der Waals surface area contributed by atoms with Gasteiger partial charge in [-0.05, 0) is 64.4 Å². The van der Waals surface area contributed by atoms with E-state index in [1.54, 1.807) is 30.3 Å². The van der Waals surface area contributed by atoms with Crippen LogP contribution in [0.3, 0.4) is 0 Å². The van der Waals surface area contributed by atoms with Gasteiger partial charge in [-0.3, -0.25) is 67.5 Å². The molecule has 24 N–H and O–H groups in total. The summed E-state index contributed by atoms with van der Waals surface area (Å²) in [5.41, 5.74) is 27.6. The molecule has 456 valence electrons. The summed E-state index contributed by atoms with van der Waals surface area (Å²) in [6, 6.07) is -6.01. The largest absolute Gasteiger partial charge is 0.481 e. The molecule has 82 heavy (non-hydrogen) atoms. The van der Waals surface area contributed by atoms with E-state index < -0.39 is 171 Å². The Labute approximate surface area is 470 Å². The molecule has 0 bridgehead atoms. The molecular formula is C48H77N17O17. The molecule has 0 aliphatic carbocycles. The molecule has 1 aromatic carbocycles. The topological polar surface area (TPSA) is 572 Å². The Balaban J connectivity index is 2.29. The molecule has 1 heterocycles. The van der Waals surface area contributed by atoms with Crippen LogP contribution in [0.4, 0.5) is 0 Å². The highest BCUT2D eigenvalue weighted by Gasteiger charge is 2.40. The van der Waals surface area contributed by atoms with Crippen molar-refractivity contribution >= 4 is 82.9 Å². The molecule has 1 aromatic rings. The van der Waals surface area contributed by atoms with Crippen LogP contribution in [0.15, 0.2) is 40.3 Å². The first-order chi connectivity index (χ1) is 38.7. The number of likely N-dealkylation sites (tertiary alicyclic amines) is 1. The molecule has 1 fully saturated rings. The van der Waals surface area contributed by atoms with Gasteiger partial charge in [-0.1, -0.05) is 30.3 Å². The summed E-state index contributed by atoms with van der Waals surface area (Å²) in [5.74, 6) is -13.2. The number of aliphatic carboxylic acids is 2. The third kappa shape index (κ3) is 24.7. The van der Waals surface area contributed by atoms with Crippen molar-refractivity contribution in [2.45, 2.75) is 132 Å². The third-order valence-corrected chi connectivity index (χ3v) is 12.2. The summed E-state index contributed by atoms with van der Waals surface area (Å²) >= 11 is 0. The van der Waals surface area contributed by atoms with E-state index in [0.29, 0.717) is 12.0 Å². The maximum atomic E-state index is 14.0. The van der Waals surface area contributed by atoms with E-state index in [-0.39, 0.29) is 70.1 Å². The average molecular weight is 1160 g/mol. The third-order valence-electron chi connectivity index (χ3n) is 12.2. The van der Waals surface area contributed by atoms with Crippen molar-refractivity contribution in [2.75, 3.05) is 45.9 Å². The van der Waals surface area contributed by atoms with Crippen LogP contribution in [-0.2, 0) is 64.0 Å². The minimum absolute atomic E-state index is 0.0287. The molecule has 1 aliphatic heterocycles. The van der Waals surface area contributed by atoms with E-state index in [1.165, 1.54) is 11.8 Å². The zero-order chi connectivity index (χ0) is 61.6. The lowest BCUT2D eigenvalue weighted by molar-refractivity contribution is -0.142. The lowest BCUT2D eigenvalue weighted by atomic mass is 10.0. The van der Waals surface area contributed by atoms with E-state index in [4.69, 9.17) is 38.9 Å². The number of hydrogen-bond donors (Lipinski definition) is 19. The van der Waals surface area contributed by atoms with E-state index in [1.807, 2.05) is 5.32 Å². The first-order valence-electron chi connectivity index (χ1n) is 25.9. The van der Waals surface area contributed by atoms with Crippen molar-refractivity contribution in [2.24, 2.45) is 38.7 Å². The predicted molar refractivity (Wildman–Crippen MR) is 288 cm³/mol. The first-order valence-corrected chi connectivity index (χ1v) is 25.9. The Morgan fingerprint density at radius 1 is 0.610 bits per heavy atom. The normalized spacial score (nSPS) is 16.0. The fourth-order valence-corrected chi connectivity index (χ4v) is 7.97. The molecule has 34 nitrogen and oxygen atoms in total. The van der Waals surface area contributed by atoms with Gasteiger partial charge in [-0.15, -0.1) is 0 Å². The molecule has 0 saturated carbocycles. The van der Waals surface area contributed by atoms with Crippen LogP contribution >= 0.6 is 0 Å². The van der Waals surface area contributed by atoms with Gasteiger partial charge in [-0.25, -0.2) is 0 Å². The number of aliphatic hydroxyl groups is 3. The van der Waals surface area contributed by atoms with Gasteiger partial charge in [-0.2, -0.15) is 0 Å². The van der Waals surface area contributed by atoms with E-state index in [0.717, 1.165) is 6.92 Å². The highest BCUT2D eigenvalue weighted by molar-refractivity contribution is 5.99. The Morgan fingerprint density at radius 2 is 1.12 bits per heavy atom. The zero-order valence-electron chi connectivity index (χ0n) is 45.3. The summed E-state index contributed by atoms with van der Waals surface area (Å²) in [6.45, 7) is -1.13. The molecule has 0 radical (unpaired) electrons. The van der Waals surface area contributed by atoms with Crippen molar-refractivity contribution in [3.63, 3.8) is 0 Å². The van der Waals surface area contributed by atoms with Crippen LogP contribution in [0.5, 0.6) is 0 Å². The van der Waals surface area contributed by atoms with Gasteiger partial charge >= 0.3 is 11.9 Å². The SMILES string of the molecule is CC(NC(=O)C(Cc1ccccc1)NC(=O)C(CO)NC(=O)C(CO)NC(=O)C(NC(=O)C(CCCN=C(N)N)NC(=O)C1CCCN1C(=O)C(CCCN=C(N)N)NC(=O)CN)C(C)O)C(=O)NC(CCC(=O)O)C(=O)NCC(=O)O. The maximum absolute atomic E-state index is 14.0.